The minimum atomic E-state index is 0.394. The van der Waals surface area contributed by atoms with E-state index in [0.717, 1.165) is 18.0 Å². The SMILES string of the molecule is C=CCN[C@@H](CC)c1ccc(Cl)cc1. The van der Waals surface area contributed by atoms with Crippen LogP contribution < -0.4 is 5.32 Å². The van der Waals surface area contributed by atoms with Gasteiger partial charge in [0.15, 0.2) is 0 Å². The maximum absolute atomic E-state index is 5.83. The third-order valence-corrected chi connectivity index (χ3v) is 2.44. The molecule has 0 aromatic heterocycles. The van der Waals surface area contributed by atoms with E-state index in [1.54, 1.807) is 0 Å². The van der Waals surface area contributed by atoms with Crippen LogP contribution in [0.15, 0.2) is 36.9 Å². The third-order valence-electron chi connectivity index (χ3n) is 2.19. The Morgan fingerprint density at radius 2 is 2.07 bits per heavy atom. The smallest absolute Gasteiger partial charge is 0.0406 e. The van der Waals surface area contributed by atoms with Crippen LogP contribution in [0.1, 0.15) is 24.9 Å². The second kappa shape index (κ2) is 5.84. The Kier molecular flexibility index (Phi) is 4.71. The molecule has 1 atom stereocenters. The third kappa shape index (κ3) is 3.17. The fraction of sp³-hybridized carbons (Fsp3) is 0.333. The molecule has 0 saturated carbocycles. The average molecular weight is 210 g/mol. The molecule has 0 heterocycles. The van der Waals surface area contributed by atoms with Crippen molar-refractivity contribution in [3.8, 4) is 0 Å². The molecule has 0 saturated heterocycles. The summed E-state index contributed by atoms with van der Waals surface area (Å²) < 4.78 is 0. The van der Waals surface area contributed by atoms with Gasteiger partial charge in [-0.15, -0.1) is 6.58 Å². The summed E-state index contributed by atoms with van der Waals surface area (Å²) in [5.74, 6) is 0. The molecular formula is C12H16ClN. The van der Waals surface area contributed by atoms with Crippen LogP contribution in [0.5, 0.6) is 0 Å². The highest BCUT2D eigenvalue weighted by atomic mass is 35.5. The fourth-order valence-corrected chi connectivity index (χ4v) is 1.54. The van der Waals surface area contributed by atoms with Crippen LogP contribution >= 0.6 is 11.6 Å². The topological polar surface area (TPSA) is 12.0 Å². The Morgan fingerprint density at radius 1 is 1.43 bits per heavy atom. The number of benzene rings is 1. The van der Waals surface area contributed by atoms with Gasteiger partial charge in [0, 0.05) is 17.6 Å². The number of rotatable bonds is 5. The van der Waals surface area contributed by atoms with E-state index in [-0.39, 0.29) is 0 Å². The molecule has 1 aromatic rings. The fourth-order valence-electron chi connectivity index (χ4n) is 1.42. The lowest BCUT2D eigenvalue weighted by atomic mass is 10.0. The predicted octanol–water partition coefficient (Wildman–Crippen LogP) is 3.57. The van der Waals surface area contributed by atoms with E-state index in [4.69, 9.17) is 11.6 Å². The second-order valence-electron chi connectivity index (χ2n) is 3.21. The van der Waals surface area contributed by atoms with Crippen molar-refractivity contribution in [1.29, 1.82) is 0 Å². The van der Waals surface area contributed by atoms with Crippen LogP contribution in [0.3, 0.4) is 0 Å². The molecule has 1 rings (SSSR count). The van der Waals surface area contributed by atoms with E-state index in [0.29, 0.717) is 6.04 Å². The highest BCUT2D eigenvalue weighted by Crippen LogP contribution is 2.18. The quantitative estimate of drug-likeness (QED) is 0.732. The van der Waals surface area contributed by atoms with Gasteiger partial charge in [-0.1, -0.05) is 36.7 Å². The molecule has 0 radical (unpaired) electrons. The van der Waals surface area contributed by atoms with Gasteiger partial charge in [0.2, 0.25) is 0 Å². The highest BCUT2D eigenvalue weighted by Gasteiger charge is 2.06. The van der Waals surface area contributed by atoms with Crippen molar-refractivity contribution >= 4 is 11.6 Å². The maximum Gasteiger partial charge on any atom is 0.0406 e. The van der Waals surface area contributed by atoms with Gasteiger partial charge in [0.1, 0.15) is 0 Å². The first-order valence-electron chi connectivity index (χ1n) is 4.87. The van der Waals surface area contributed by atoms with Gasteiger partial charge in [-0.05, 0) is 24.1 Å². The van der Waals surface area contributed by atoms with Crippen molar-refractivity contribution in [2.24, 2.45) is 0 Å². The zero-order valence-corrected chi connectivity index (χ0v) is 9.22. The summed E-state index contributed by atoms with van der Waals surface area (Å²) in [6.45, 7) is 6.69. The van der Waals surface area contributed by atoms with Gasteiger partial charge in [0.05, 0.1) is 0 Å². The largest absolute Gasteiger partial charge is 0.306 e. The van der Waals surface area contributed by atoms with Gasteiger partial charge < -0.3 is 5.32 Å². The molecule has 0 aliphatic rings. The van der Waals surface area contributed by atoms with Crippen molar-refractivity contribution in [3.05, 3.63) is 47.5 Å². The number of nitrogens with one attached hydrogen (secondary N) is 1. The van der Waals surface area contributed by atoms with Gasteiger partial charge in [-0.25, -0.2) is 0 Å². The molecule has 1 nitrogen and oxygen atoms in total. The maximum atomic E-state index is 5.83. The van der Waals surface area contributed by atoms with E-state index >= 15 is 0 Å². The molecule has 0 amide bonds. The van der Waals surface area contributed by atoms with Crippen LogP contribution in [0.25, 0.3) is 0 Å². The second-order valence-corrected chi connectivity index (χ2v) is 3.65. The first kappa shape index (κ1) is 11.3. The molecule has 0 aliphatic heterocycles. The van der Waals surface area contributed by atoms with Gasteiger partial charge in [-0.2, -0.15) is 0 Å². The molecule has 2 heteroatoms. The Labute approximate surface area is 90.8 Å². The number of hydrogen-bond donors (Lipinski definition) is 1. The zero-order chi connectivity index (χ0) is 10.4. The van der Waals surface area contributed by atoms with Gasteiger partial charge >= 0.3 is 0 Å². The summed E-state index contributed by atoms with van der Waals surface area (Å²) in [7, 11) is 0. The molecule has 1 aromatic carbocycles. The molecule has 0 aliphatic carbocycles. The monoisotopic (exact) mass is 209 g/mol. The molecule has 0 unspecified atom stereocenters. The van der Waals surface area contributed by atoms with Gasteiger partial charge in [-0.3, -0.25) is 0 Å². The van der Waals surface area contributed by atoms with Crippen LogP contribution in [0.2, 0.25) is 5.02 Å². The molecule has 0 bridgehead atoms. The van der Waals surface area contributed by atoms with Crippen molar-refractivity contribution in [3.63, 3.8) is 0 Å². The van der Waals surface area contributed by atoms with Crippen molar-refractivity contribution in [2.45, 2.75) is 19.4 Å². The normalized spacial score (nSPS) is 12.4. The Bertz CT molecular complexity index is 279. The zero-order valence-electron chi connectivity index (χ0n) is 8.46. The van der Waals surface area contributed by atoms with Crippen LogP contribution in [0, 0.1) is 0 Å². The molecule has 0 spiro atoms. The summed E-state index contributed by atoms with van der Waals surface area (Å²) in [5, 5.41) is 4.18. The molecule has 0 fully saturated rings. The van der Waals surface area contributed by atoms with Crippen LogP contribution in [0.4, 0.5) is 0 Å². The van der Waals surface area contributed by atoms with Crippen LogP contribution in [-0.2, 0) is 0 Å². The van der Waals surface area contributed by atoms with Crippen molar-refractivity contribution in [1.82, 2.24) is 5.32 Å². The predicted molar refractivity (Wildman–Crippen MR) is 62.7 cm³/mol. The Balaban J connectivity index is 2.68. The van der Waals surface area contributed by atoms with E-state index in [2.05, 4.69) is 31.0 Å². The summed E-state index contributed by atoms with van der Waals surface area (Å²) in [6.07, 6.45) is 2.94. The Morgan fingerprint density at radius 3 is 2.57 bits per heavy atom. The lowest BCUT2D eigenvalue weighted by Crippen LogP contribution is -2.20. The minimum Gasteiger partial charge on any atom is -0.306 e. The number of halogens is 1. The molecular weight excluding hydrogens is 194 g/mol. The van der Waals surface area contributed by atoms with Gasteiger partial charge in [0.25, 0.3) is 0 Å². The summed E-state index contributed by atoms with van der Waals surface area (Å²) >= 11 is 5.83. The molecule has 76 valence electrons. The summed E-state index contributed by atoms with van der Waals surface area (Å²) in [5.41, 5.74) is 1.28. The van der Waals surface area contributed by atoms with Crippen molar-refractivity contribution < 1.29 is 0 Å². The minimum absolute atomic E-state index is 0.394. The summed E-state index contributed by atoms with van der Waals surface area (Å²) in [4.78, 5) is 0. The van der Waals surface area contributed by atoms with E-state index < -0.39 is 0 Å². The van der Waals surface area contributed by atoms with Crippen LogP contribution in [-0.4, -0.2) is 6.54 Å². The van der Waals surface area contributed by atoms with E-state index in [9.17, 15) is 0 Å². The van der Waals surface area contributed by atoms with Crippen molar-refractivity contribution in [2.75, 3.05) is 6.54 Å². The average Bonchev–Trinajstić information content (AvgIpc) is 2.21. The lowest BCUT2D eigenvalue weighted by Gasteiger charge is -2.16. The summed E-state index contributed by atoms with van der Waals surface area (Å²) in [6, 6.07) is 8.37. The first-order chi connectivity index (χ1) is 6.77. The highest BCUT2D eigenvalue weighted by molar-refractivity contribution is 6.30. The molecule has 1 N–H and O–H groups in total. The van der Waals surface area contributed by atoms with E-state index in [1.807, 2.05) is 18.2 Å². The Hall–Kier alpha value is -0.790. The standard InChI is InChI=1S/C12H16ClN/c1-3-9-14-12(4-2)10-5-7-11(13)8-6-10/h3,5-8,12,14H,1,4,9H2,2H3/t12-/m0/s1. The number of hydrogen-bond acceptors (Lipinski definition) is 1. The van der Waals surface area contributed by atoms with E-state index in [1.165, 1.54) is 5.56 Å². The lowest BCUT2D eigenvalue weighted by molar-refractivity contribution is 0.551. The molecule has 14 heavy (non-hydrogen) atoms. The first-order valence-corrected chi connectivity index (χ1v) is 5.25.